The lowest BCUT2D eigenvalue weighted by Crippen LogP contribution is -2.51. The van der Waals surface area contributed by atoms with Gasteiger partial charge in [-0.2, -0.15) is 13.2 Å². The van der Waals surface area contributed by atoms with Gasteiger partial charge in [0.15, 0.2) is 0 Å². The van der Waals surface area contributed by atoms with E-state index in [0.717, 1.165) is 17.7 Å². The normalized spacial score (nSPS) is 12.2. The average molecular weight is 436 g/mol. The molecule has 2 rings (SSSR count). The van der Waals surface area contributed by atoms with Gasteiger partial charge in [-0.3, -0.25) is 30.1 Å². The van der Waals surface area contributed by atoms with Crippen LogP contribution in [-0.2, 0) is 15.8 Å². The summed E-state index contributed by atoms with van der Waals surface area (Å²) in [5, 5.41) is 2.22. The van der Waals surface area contributed by atoms with Crippen LogP contribution in [0, 0.1) is 6.92 Å². The van der Waals surface area contributed by atoms with Crippen LogP contribution in [0.25, 0.3) is 0 Å². The molecule has 0 aliphatic carbocycles. The van der Waals surface area contributed by atoms with Gasteiger partial charge >= 0.3 is 6.18 Å². The minimum Gasteiger partial charge on any atom is -0.324 e. The maximum Gasteiger partial charge on any atom is 0.418 e. The third-order valence-corrected chi connectivity index (χ3v) is 4.52. The Hall–Kier alpha value is -3.40. The second kappa shape index (κ2) is 10.1. The number of para-hydroxylation sites is 1. The Bertz CT molecular complexity index is 963. The summed E-state index contributed by atoms with van der Waals surface area (Å²) in [6, 6.07) is 10.5. The first kappa shape index (κ1) is 23.9. The zero-order valence-electron chi connectivity index (χ0n) is 17.2. The van der Waals surface area contributed by atoms with E-state index in [0.29, 0.717) is 5.56 Å². The van der Waals surface area contributed by atoms with E-state index in [1.807, 2.05) is 13.0 Å². The lowest BCUT2D eigenvalue weighted by Gasteiger charge is -2.23. The van der Waals surface area contributed by atoms with Crippen molar-refractivity contribution in [1.29, 1.82) is 0 Å². The minimum atomic E-state index is -4.61. The van der Waals surface area contributed by atoms with E-state index in [9.17, 15) is 27.6 Å². The van der Waals surface area contributed by atoms with E-state index in [-0.39, 0.29) is 12.2 Å². The SMILES string of the molecule is Cc1cccc(C(=O)NNC(=O)C(C)N(C)CC(=O)Nc2ccccc2C(F)(F)F)c1. The molecule has 1 atom stereocenters. The average Bonchev–Trinajstić information content (AvgIpc) is 2.70. The number of hydrogen-bond acceptors (Lipinski definition) is 4. The maximum absolute atomic E-state index is 13.0. The highest BCUT2D eigenvalue weighted by atomic mass is 19.4. The molecule has 0 bridgehead atoms. The summed E-state index contributed by atoms with van der Waals surface area (Å²) in [5.41, 5.74) is 4.48. The molecule has 2 aromatic rings. The fourth-order valence-corrected chi connectivity index (χ4v) is 2.67. The Morgan fingerprint density at radius 3 is 2.35 bits per heavy atom. The molecular weight excluding hydrogens is 413 g/mol. The van der Waals surface area contributed by atoms with E-state index in [2.05, 4.69) is 16.2 Å². The number of anilines is 1. The highest BCUT2D eigenvalue weighted by molar-refractivity contribution is 5.96. The van der Waals surface area contributed by atoms with Crippen LogP contribution in [-0.4, -0.2) is 42.3 Å². The number of carbonyl (C=O) groups excluding carboxylic acids is 3. The van der Waals surface area contributed by atoms with Crippen LogP contribution in [0.2, 0.25) is 0 Å². The standard InChI is InChI=1S/C21H23F3N4O3/c1-13-7-6-8-15(11-13)20(31)27-26-19(30)14(2)28(3)12-18(29)25-17-10-5-4-9-16(17)21(22,23)24/h4-11,14H,12H2,1-3H3,(H,25,29)(H,26,30)(H,27,31). The zero-order chi connectivity index (χ0) is 23.2. The number of amides is 3. The number of nitrogens with zero attached hydrogens (tertiary/aromatic N) is 1. The van der Waals surface area contributed by atoms with Crippen molar-refractivity contribution in [3.63, 3.8) is 0 Å². The summed E-state index contributed by atoms with van der Waals surface area (Å²) in [5.74, 6) is -1.82. The minimum absolute atomic E-state index is 0.341. The van der Waals surface area contributed by atoms with Crippen molar-refractivity contribution in [3.8, 4) is 0 Å². The Kier molecular flexibility index (Phi) is 7.76. The second-order valence-corrected chi connectivity index (χ2v) is 7.00. The summed E-state index contributed by atoms with van der Waals surface area (Å²) in [7, 11) is 1.46. The molecule has 166 valence electrons. The predicted molar refractivity (Wildman–Crippen MR) is 109 cm³/mol. The number of likely N-dealkylation sites (N-methyl/N-ethyl adjacent to an activating group) is 1. The Morgan fingerprint density at radius 2 is 1.71 bits per heavy atom. The number of alkyl halides is 3. The van der Waals surface area contributed by atoms with Crippen LogP contribution in [0.5, 0.6) is 0 Å². The topological polar surface area (TPSA) is 90.5 Å². The summed E-state index contributed by atoms with van der Waals surface area (Å²) < 4.78 is 39.1. The van der Waals surface area contributed by atoms with Crippen LogP contribution >= 0.6 is 0 Å². The molecule has 0 aromatic heterocycles. The molecule has 0 saturated heterocycles. The van der Waals surface area contributed by atoms with Gasteiger partial charge in [-0.25, -0.2) is 0 Å². The van der Waals surface area contributed by atoms with Crippen LogP contribution < -0.4 is 16.2 Å². The van der Waals surface area contributed by atoms with E-state index in [4.69, 9.17) is 0 Å². The zero-order valence-corrected chi connectivity index (χ0v) is 17.2. The molecule has 2 aromatic carbocycles. The van der Waals surface area contributed by atoms with Gasteiger partial charge < -0.3 is 5.32 Å². The molecule has 3 amide bonds. The third kappa shape index (κ3) is 6.82. The Labute approximate surface area is 177 Å². The van der Waals surface area contributed by atoms with Gasteiger partial charge in [-0.05, 0) is 45.2 Å². The molecule has 1 unspecified atom stereocenters. The van der Waals surface area contributed by atoms with Crippen molar-refractivity contribution in [2.75, 3.05) is 18.9 Å². The van der Waals surface area contributed by atoms with Gasteiger partial charge in [-0.1, -0.05) is 29.8 Å². The van der Waals surface area contributed by atoms with Crippen molar-refractivity contribution >= 4 is 23.4 Å². The van der Waals surface area contributed by atoms with Gasteiger partial charge in [-0.15, -0.1) is 0 Å². The number of carbonyl (C=O) groups is 3. The number of hydrogen-bond donors (Lipinski definition) is 3. The van der Waals surface area contributed by atoms with E-state index in [1.165, 1.54) is 31.0 Å². The molecular formula is C21H23F3N4O3. The largest absolute Gasteiger partial charge is 0.418 e. The van der Waals surface area contributed by atoms with Crippen LogP contribution in [0.15, 0.2) is 48.5 Å². The first-order valence-corrected chi connectivity index (χ1v) is 9.32. The van der Waals surface area contributed by atoms with E-state index >= 15 is 0 Å². The van der Waals surface area contributed by atoms with Gasteiger partial charge in [0.1, 0.15) is 0 Å². The van der Waals surface area contributed by atoms with E-state index < -0.39 is 35.5 Å². The predicted octanol–water partition coefficient (Wildman–Crippen LogP) is 2.73. The van der Waals surface area contributed by atoms with Crippen molar-refractivity contribution in [1.82, 2.24) is 15.8 Å². The number of rotatable bonds is 6. The van der Waals surface area contributed by atoms with E-state index in [1.54, 1.807) is 18.2 Å². The molecule has 3 N–H and O–H groups in total. The van der Waals surface area contributed by atoms with Crippen molar-refractivity contribution in [2.45, 2.75) is 26.1 Å². The number of nitrogens with one attached hydrogen (secondary N) is 3. The lowest BCUT2D eigenvalue weighted by molar-refractivity contribution is -0.137. The monoisotopic (exact) mass is 436 g/mol. The number of halogens is 3. The fraction of sp³-hybridized carbons (Fsp3) is 0.286. The second-order valence-electron chi connectivity index (χ2n) is 7.00. The highest BCUT2D eigenvalue weighted by Gasteiger charge is 2.33. The summed E-state index contributed by atoms with van der Waals surface area (Å²) in [6.45, 7) is 2.97. The molecule has 0 radical (unpaired) electrons. The molecule has 10 heteroatoms. The van der Waals surface area contributed by atoms with Crippen molar-refractivity contribution in [2.24, 2.45) is 0 Å². The number of hydrazine groups is 1. The molecule has 0 fully saturated rings. The van der Waals surface area contributed by atoms with Gasteiger partial charge in [0.25, 0.3) is 11.8 Å². The van der Waals surface area contributed by atoms with Crippen molar-refractivity contribution < 1.29 is 27.6 Å². The molecule has 0 aliphatic rings. The van der Waals surface area contributed by atoms with Crippen molar-refractivity contribution in [3.05, 3.63) is 65.2 Å². The third-order valence-electron chi connectivity index (χ3n) is 4.52. The van der Waals surface area contributed by atoms with Crippen LogP contribution in [0.3, 0.4) is 0 Å². The van der Waals surface area contributed by atoms with Crippen LogP contribution in [0.1, 0.15) is 28.4 Å². The molecule has 0 heterocycles. The fourth-order valence-electron chi connectivity index (χ4n) is 2.67. The first-order valence-electron chi connectivity index (χ1n) is 9.32. The maximum atomic E-state index is 13.0. The Morgan fingerprint density at radius 1 is 1.03 bits per heavy atom. The van der Waals surface area contributed by atoms with Gasteiger partial charge in [0.2, 0.25) is 5.91 Å². The van der Waals surface area contributed by atoms with Gasteiger partial charge in [0.05, 0.1) is 23.8 Å². The molecule has 7 nitrogen and oxygen atoms in total. The van der Waals surface area contributed by atoms with Crippen LogP contribution in [0.4, 0.5) is 18.9 Å². The number of aryl methyl sites for hydroxylation is 1. The summed E-state index contributed by atoms with van der Waals surface area (Å²) >= 11 is 0. The highest BCUT2D eigenvalue weighted by Crippen LogP contribution is 2.34. The quantitative estimate of drug-likeness (QED) is 0.608. The first-order chi connectivity index (χ1) is 14.5. The summed E-state index contributed by atoms with van der Waals surface area (Å²) in [4.78, 5) is 37.9. The smallest absolute Gasteiger partial charge is 0.324 e. The summed E-state index contributed by atoms with van der Waals surface area (Å²) in [6.07, 6.45) is -4.61. The lowest BCUT2D eigenvalue weighted by atomic mass is 10.1. The van der Waals surface area contributed by atoms with Gasteiger partial charge in [0, 0.05) is 5.56 Å². The molecule has 31 heavy (non-hydrogen) atoms. The molecule has 0 aliphatic heterocycles. The number of benzene rings is 2. The molecule has 0 saturated carbocycles. The molecule has 0 spiro atoms. The Balaban J connectivity index is 1.90.